The molecule has 1 aromatic carbocycles. The first kappa shape index (κ1) is 12.6. The van der Waals surface area contributed by atoms with Crippen molar-refractivity contribution in [3.8, 4) is 0 Å². The van der Waals surface area contributed by atoms with Crippen molar-refractivity contribution in [2.75, 3.05) is 0 Å². The highest BCUT2D eigenvalue weighted by Crippen LogP contribution is 2.30. The van der Waals surface area contributed by atoms with Crippen molar-refractivity contribution in [1.29, 1.82) is 0 Å². The Morgan fingerprint density at radius 2 is 1.71 bits per heavy atom. The Kier molecular flexibility index (Phi) is 4.22. The molecule has 1 saturated carbocycles. The second-order valence-corrected chi connectivity index (χ2v) is 5.87. The molecule has 1 atom stereocenters. The fourth-order valence-electron chi connectivity index (χ4n) is 2.88. The number of benzene rings is 1. The predicted octanol–water partition coefficient (Wildman–Crippen LogP) is 3.69. The summed E-state index contributed by atoms with van der Waals surface area (Å²) in [6.45, 7) is 4.49. The Morgan fingerprint density at radius 3 is 2.29 bits per heavy atom. The van der Waals surface area contributed by atoms with E-state index in [9.17, 15) is 0 Å². The van der Waals surface area contributed by atoms with Gasteiger partial charge in [-0.15, -0.1) is 0 Å². The lowest BCUT2D eigenvalue weighted by atomic mass is 9.78. The van der Waals surface area contributed by atoms with E-state index in [1.54, 1.807) is 0 Å². The quantitative estimate of drug-likeness (QED) is 0.843. The van der Waals surface area contributed by atoms with Gasteiger partial charge in [-0.05, 0) is 43.6 Å². The minimum Gasteiger partial charge on any atom is -0.327 e. The van der Waals surface area contributed by atoms with Crippen LogP contribution in [0.3, 0.4) is 0 Å². The molecular formula is C16H25N. The van der Waals surface area contributed by atoms with Crippen molar-refractivity contribution in [2.24, 2.45) is 17.6 Å². The minimum atomic E-state index is 0.352. The molecular weight excluding hydrogens is 206 g/mol. The molecule has 1 aliphatic carbocycles. The molecule has 2 rings (SSSR count). The molecule has 0 spiro atoms. The molecule has 2 N–H and O–H groups in total. The van der Waals surface area contributed by atoms with Gasteiger partial charge in [0.25, 0.3) is 0 Å². The Hall–Kier alpha value is -0.820. The zero-order valence-electron chi connectivity index (χ0n) is 11.2. The van der Waals surface area contributed by atoms with Crippen molar-refractivity contribution < 1.29 is 0 Å². The van der Waals surface area contributed by atoms with E-state index in [4.69, 9.17) is 5.73 Å². The first-order valence-corrected chi connectivity index (χ1v) is 6.96. The number of hydrogen-bond acceptors (Lipinski definition) is 1. The molecule has 0 radical (unpaired) electrons. The van der Waals surface area contributed by atoms with Crippen molar-refractivity contribution >= 4 is 0 Å². The maximum atomic E-state index is 6.36. The normalized spacial score (nSPS) is 26.8. The van der Waals surface area contributed by atoms with Crippen LogP contribution in [0.5, 0.6) is 0 Å². The van der Waals surface area contributed by atoms with Gasteiger partial charge in [0.2, 0.25) is 0 Å². The lowest BCUT2D eigenvalue weighted by Gasteiger charge is -2.30. The van der Waals surface area contributed by atoms with Crippen LogP contribution in [0.1, 0.15) is 43.7 Å². The molecule has 0 aromatic heterocycles. The zero-order chi connectivity index (χ0) is 12.3. The summed E-state index contributed by atoms with van der Waals surface area (Å²) in [4.78, 5) is 0. The smallest absolute Gasteiger partial charge is 0.0108 e. The van der Waals surface area contributed by atoms with Crippen LogP contribution < -0.4 is 5.73 Å². The van der Waals surface area contributed by atoms with Gasteiger partial charge in [-0.2, -0.15) is 0 Å². The summed E-state index contributed by atoms with van der Waals surface area (Å²) in [7, 11) is 0. The number of aryl methyl sites for hydroxylation is 1. The monoisotopic (exact) mass is 231 g/mol. The third kappa shape index (κ3) is 3.57. The number of hydrogen-bond donors (Lipinski definition) is 1. The van der Waals surface area contributed by atoms with Crippen molar-refractivity contribution in [3.63, 3.8) is 0 Å². The average Bonchev–Trinajstić information content (AvgIpc) is 2.33. The first-order valence-electron chi connectivity index (χ1n) is 6.96. The molecule has 1 heteroatoms. The van der Waals surface area contributed by atoms with E-state index < -0.39 is 0 Å². The summed E-state index contributed by atoms with van der Waals surface area (Å²) >= 11 is 0. The molecule has 17 heavy (non-hydrogen) atoms. The summed E-state index contributed by atoms with van der Waals surface area (Å²) in [5.74, 6) is 1.66. The molecule has 0 amide bonds. The molecule has 0 bridgehead atoms. The molecule has 1 unspecified atom stereocenters. The van der Waals surface area contributed by atoms with Gasteiger partial charge < -0.3 is 5.73 Å². The van der Waals surface area contributed by atoms with E-state index in [2.05, 4.69) is 38.1 Å². The Bertz CT molecular complexity index is 333. The summed E-state index contributed by atoms with van der Waals surface area (Å²) in [5.41, 5.74) is 9.08. The molecule has 1 aromatic rings. The molecule has 1 aliphatic rings. The van der Waals surface area contributed by atoms with E-state index >= 15 is 0 Å². The lowest BCUT2D eigenvalue weighted by molar-refractivity contribution is 0.253. The van der Waals surface area contributed by atoms with Crippen LogP contribution in [0, 0.1) is 18.8 Å². The second-order valence-electron chi connectivity index (χ2n) is 5.87. The highest BCUT2D eigenvalue weighted by atomic mass is 14.6. The fourth-order valence-corrected chi connectivity index (χ4v) is 2.88. The van der Waals surface area contributed by atoms with E-state index in [1.807, 2.05) is 0 Å². The second kappa shape index (κ2) is 5.68. The predicted molar refractivity (Wildman–Crippen MR) is 74.0 cm³/mol. The van der Waals surface area contributed by atoms with E-state index in [1.165, 1.54) is 36.8 Å². The highest BCUT2D eigenvalue weighted by Gasteiger charge is 2.23. The number of rotatable bonds is 3. The topological polar surface area (TPSA) is 26.0 Å². The number of nitrogens with two attached hydrogens (primary N) is 1. The Morgan fingerprint density at radius 1 is 1.12 bits per heavy atom. The van der Waals surface area contributed by atoms with E-state index in [0.29, 0.717) is 6.04 Å². The summed E-state index contributed by atoms with van der Waals surface area (Å²) in [6, 6.07) is 9.17. The third-order valence-electron chi connectivity index (χ3n) is 4.26. The van der Waals surface area contributed by atoms with Gasteiger partial charge in [-0.25, -0.2) is 0 Å². The van der Waals surface area contributed by atoms with Crippen LogP contribution in [-0.2, 0) is 6.42 Å². The van der Waals surface area contributed by atoms with Crippen LogP contribution in [0.4, 0.5) is 0 Å². The molecule has 1 nitrogen and oxygen atoms in total. The van der Waals surface area contributed by atoms with Crippen LogP contribution in [-0.4, -0.2) is 6.04 Å². The van der Waals surface area contributed by atoms with Crippen molar-refractivity contribution in [1.82, 2.24) is 0 Å². The summed E-state index contributed by atoms with van der Waals surface area (Å²) in [5, 5.41) is 0. The molecule has 0 heterocycles. The maximum absolute atomic E-state index is 6.36. The highest BCUT2D eigenvalue weighted by molar-refractivity contribution is 5.22. The standard InChI is InChI=1S/C16H25N/c1-12-3-7-14(8-4-12)11-16(17)15-9-5-13(2)6-10-15/h3-4,7-8,13,15-16H,5-6,9-11,17H2,1-2H3. The van der Waals surface area contributed by atoms with E-state index in [0.717, 1.165) is 18.3 Å². The SMILES string of the molecule is Cc1ccc(CC(N)C2CCC(C)CC2)cc1. The van der Waals surface area contributed by atoms with Crippen LogP contribution in [0.2, 0.25) is 0 Å². The lowest BCUT2D eigenvalue weighted by Crippen LogP contribution is -2.34. The Balaban J connectivity index is 1.88. The molecule has 1 fully saturated rings. The maximum Gasteiger partial charge on any atom is 0.0108 e. The minimum absolute atomic E-state index is 0.352. The van der Waals surface area contributed by atoms with Gasteiger partial charge in [-0.3, -0.25) is 0 Å². The van der Waals surface area contributed by atoms with Gasteiger partial charge in [0.15, 0.2) is 0 Å². The van der Waals surface area contributed by atoms with Crippen molar-refractivity contribution in [2.45, 2.75) is 52.0 Å². The van der Waals surface area contributed by atoms with E-state index in [-0.39, 0.29) is 0 Å². The summed E-state index contributed by atoms with van der Waals surface area (Å²) < 4.78 is 0. The zero-order valence-corrected chi connectivity index (χ0v) is 11.2. The molecule has 0 saturated heterocycles. The Labute approximate surface area is 105 Å². The van der Waals surface area contributed by atoms with Crippen LogP contribution >= 0.6 is 0 Å². The first-order chi connectivity index (χ1) is 8.15. The largest absolute Gasteiger partial charge is 0.327 e. The van der Waals surface area contributed by atoms with Gasteiger partial charge in [0, 0.05) is 6.04 Å². The van der Waals surface area contributed by atoms with Crippen molar-refractivity contribution in [3.05, 3.63) is 35.4 Å². The average molecular weight is 231 g/mol. The third-order valence-corrected chi connectivity index (χ3v) is 4.26. The molecule has 94 valence electrons. The van der Waals surface area contributed by atoms with Crippen LogP contribution in [0.25, 0.3) is 0 Å². The van der Waals surface area contributed by atoms with Crippen LogP contribution in [0.15, 0.2) is 24.3 Å². The fraction of sp³-hybridized carbons (Fsp3) is 0.625. The van der Waals surface area contributed by atoms with Gasteiger partial charge in [-0.1, -0.05) is 49.6 Å². The van der Waals surface area contributed by atoms with Gasteiger partial charge in [0.1, 0.15) is 0 Å². The van der Waals surface area contributed by atoms with Gasteiger partial charge in [0.05, 0.1) is 0 Å². The summed E-state index contributed by atoms with van der Waals surface area (Å²) in [6.07, 6.45) is 6.43. The molecule has 0 aliphatic heterocycles. The van der Waals surface area contributed by atoms with Gasteiger partial charge >= 0.3 is 0 Å².